The van der Waals surface area contributed by atoms with Crippen LogP contribution in [0.2, 0.25) is 10.2 Å². The molecule has 0 atom stereocenters. The topological polar surface area (TPSA) is 68.0 Å². The van der Waals surface area contributed by atoms with Gasteiger partial charge in [-0.15, -0.1) is 0 Å². The van der Waals surface area contributed by atoms with Gasteiger partial charge in [-0.3, -0.25) is 0 Å². The fourth-order valence-electron chi connectivity index (χ4n) is 2.51. The minimum absolute atomic E-state index is 0.445. The summed E-state index contributed by atoms with van der Waals surface area (Å²) < 4.78 is 1.73. The van der Waals surface area contributed by atoms with Crippen LogP contribution in [-0.4, -0.2) is 26.0 Å². The van der Waals surface area contributed by atoms with Crippen molar-refractivity contribution in [2.75, 3.05) is 5.43 Å². The van der Waals surface area contributed by atoms with Crippen molar-refractivity contribution in [3.8, 4) is 0 Å². The standard InChI is InChI=1S/C18H18Cl2N6/c1-11-8-12(2)23-18(22-11)24-21-9-16-13(3)25-26(17(16)20)10-14-4-6-15(19)7-5-14/h4-9H,10H2,1-3H3,(H,22,23,24)/b21-9+. The van der Waals surface area contributed by atoms with Crippen molar-refractivity contribution < 1.29 is 0 Å². The third-order valence-corrected chi connectivity index (χ3v) is 4.35. The number of halogens is 2. The number of aromatic nitrogens is 4. The predicted molar refractivity (Wildman–Crippen MR) is 105 cm³/mol. The molecule has 6 nitrogen and oxygen atoms in total. The molecule has 0 unspecified atom stereocenters. The molecule has 26 heavy (non-hydrogen) atoms. The molecule has 0 fully saturated rings. The Morgan fingerprint density at radius 3 is 2.38 bits per heavy atom. The molecule has 0 saturated heterocycles. The lowest BCUT2D eigenvalue weighted by atomic mass is 10.2. The molecule has 134 valence electrons. The molecular formula is C18H18Cl2N6. The fraction of sp³-hybridized carbons (Fsp3) is 0.222. The first-order chi connectivity index (χ1) is 12.4. The number of nitrogens with one attached hydrogen (secondary N) is 1. The summed E-state index contributed by atoms with van der Waals surface area (Å²) in [5, 5.41) is 9.89. The van der Waals surface area contributed by atoms with Gasteiger partial charge in [-0.1, -0.05) is 35.3 Å². The molecule has 1 N–H and O–H groups in total. The second kappa shape index (κ2) is 7.85. The van der Waals surface area contributed by atoms with Crippen LogP contribution in [0.3, 0.4) is 0 Å². The van der Waals surface area contributed by atoms with Crippen molar-refractivity contribution in [2.45, 2.75) is 27.3 Å². The van der Waals surface area contributed by atoms with Gasteiger partial charge in [0.2, 0.25) is 5.95 Å². The maximum Gasteiger partial charge on any atom is 0.243 e. The lowest BCUT2D eigenvalue weighted by Gasteiger charge is -2.04. The van der Waals surface area contributed by atoms with E-state index in [1.165, 1.54) is 0 Å². The summed E-state index contributed by atoms with van der Waals surface area (Å²) in [6, 6.07) is 9.48. The second-order valence-electron chi connectivity index (χ2n) is 5.92. The third-order valence-electron chi connectivity index (χ3n) is 3.70. The van der Waals surface area contributed by atoms with Gasteiger partial charge in [-0.25, -0.2) is 20.1 Å². The molecular weight excluding hydrogens is 371 g/mol. The van der Waals surface area contributed by atoms with Crippen LogP contribution >= 0.6 is 23.2 Å². The fourth-order valence-corrected chi connectivity index (χ4v) is 2.92. The summed E-state index contributed by atoms with van der Waals surface area (Å²) in [5.41, 5.74) is 7.18. The van der Waals surface area contributed by atoms with Gasteiger partial charge in [0.25, 0.3) is 0 Å². The first-order valence-corrected chi connectivity index (χ1v) is 8.76. The number of benzene rings is 1. The Hall–Kier alpha value is -2.44. The Bertz CT molecular complexity index is 927. The highest BCUT2D eigenvalue weighted by molar-refractivity contribution is 6.32. The van der Waals surface area contributed by atoms with Crippen LogP contribution in [0.4, 0.5) is 5.95 Å². The number of hydrogen-bond acceptors (Lipinski definition) is 5. The van der Waals surface area contributed by atoms with Gasteiger partial charge in [0, 0.05) is 16.4 Å². The molecule has 0 spiro atoms. The third kappa shape index (κ3) is 4.39. The molecule has 3 aromatic rings. The van der Waals surface area contributed by atoms with E-state index in [9.17, 15) is 0 Å². The molecule has 1 aromatic carbocycles. The van der Waals surface area contributed by atoms with Crippen molar-refractivity contribution >= 4 is 35.4 Å². The number of rotatable bonds is 5. The summed E-state index contributed by atoms with van der Waals surface area (Å²) in [6.07, 6.45) is 1.63. The van der Waals surface area contributed by atoms with E-state index in [1.807, 2.05) is 51.1 Å². The van der Waals surface area contributed by atoms with Crippen LogP contribution in [0.15, 0.2) is 35.4 Å². The summed E-state index contributed by atoms with van der Waals surface area (Å²) in [7, 11) is 0. The number of aryl methyl sites for hydroxylation is 3. The lowest BCUT2D eigenvalue weighted by Crippen LogP contribution is -2.02. The molecule has 0 bridgehead atoms. The molecule has 0 aliphatic rings. The highest BCUT2D eigenvalue weighted by atomic mass is 35.5. The van der Waals surface area contributed by atoms with Crippen LogP contribution in [0.5, 0.6) is 0 Å². The number of hydrogen-bond donors (Lipinski definition) is 1. The van der Waals surface area contributed by atoms with E-state index < -0.39 is 0 Å². The van der Waals surface area contributed by atoms with Crippen LogP contribution in [0.25, 0.3) is 0 Å². The zero-order chi connectivity index (χ0) is 18.7. The predicted octanol–water partition coefficient (Wildman–Crippen LogP) is 4.40. The summed E-state index contributed by atoms with van der Waals surface area (Å²) in [4.78, 5) is 8.56. The first-order valence-electron chi connectivity index (χ1n) is 8.01. The summed E-state index contributed by atoms with van der Waals surface area (Å²) in [6.45, 7) is 6.26. The normalized spacial score (nSPS) is 11.3. The van der Waals surface area contributed by atoms with E-state index in [2.05, 4.69) is 25.6 Å². The molecule has 0 radical (unpaired) electrons. The molecule has 0 aliphatic carbocycles. The second-order valence-corrected chi connectivity index (χ2v) is 6.71. The highest BCUT2D eigenvalue weighted by Crippen LogP contribution is 2.20. The average molecular weight is 389 g/mol. The monoisotopic (exact) mass is 388 g/mol. The Balaban J connectivity index is 1.76. The van der Waals surface area contributed by atoms with Crippen LogP contribution in [0.1, 0.15) is 28.2 Å². The van der Waals surface area contributed by atoms with Gasteiger partial charge >= 0.3 is 0 Å². The Morgan fingerprint density at radius 2 is 1.73 bits per heavy atom. The highest BCUT2D eigenvalue weighted by Gasteiger charge is 2.12. The minimum atomic E-state index is 0.445. The quantitative estimate of drug-likeness (QED) is 0.519. The van der Waals surface area contributed by atoms with Crippen LogP contribution in [-0.2, 0) is 6.54 Å². The van der Waals surface area contributed by atoms with E-state index >= 15 is 0 Å². The van der Waals surface area contributed by atoms with E-state index in [0.29, 0.717) is 22.7 Å². The van der Waals surface area contributed by atoms with Crippen LogP contribution < -0.4 is 5.43 Å². The largest absolute Gasteiger partial charge is 0.249 e. The van der Waals surface area contributed by atoms with E-state index in [-0.39, 0.29) is 0 Å². The molecule has 8 heteroatoms. The van der Waals surface area contributed by atoms with Gasteiger partial charge in [0.1, 0.15) is 5.15 Å². The maximum atomic E-state index is 6.47. The van der Waals surface area contributed by atoms with Crippen molar-refractivity contribution in [2.24, 2.45) is 5.10 Å². The van der Waals surface area contributed by atoms with Gasteiger partial charge in [0.05, 0.1) is 24.0 Å². The summed E-state index contributed by atoms with van der Waals surface area (Å²) in [5.74, 6) is 0.445. The average Bonchev–Trinajstić information content (AvgIpc) is 2.83. The zero-order valence-corrected chi connectivity index (χ0v) is 16.2. The smallest absolute Gasteiger partial charge is 0.243 e. The number of hydrazone groups is 1. The van der Waals surface area contributed by atoms with Crippen molar-refractivity contribution in [3.05, 3.63) is 68.7 Å². The molecule has 2 heterocycles. The van der Waals surface area contributed by atoms with Crippen molar-refractivity contribution in [1.82, 2.24) is 19.7 Å². The SMILES string of the molecule is Cc1cc(C)nc(N/N=C/c2c(C)nn(Cc3ccc(Cl)cc3)c2Cl)n1. The van der Waals surface area contributed by atoms with Crippen LogP contribution in [0, 0.1) is 20.8 Å². The van der Waals surface area contributed by atoms with E-state index in [1.54, 1.807) is 10.9 Å². The molecule has 3 rings (SSSR count). The maximum absolute atomic E-state index is 6.47. The lowest BCUT2D eigenvalue weighted by molar-refractivity contribution is 0.680. The van der Waals surface area contributed by atoms with Gasteiger partial charge < -0.3 is 0 Å². The van der Waals surface area contributed by atoms with Gasteiger partial charge in [-0.05, 0) is 44.5 Å². The molecule has 0 amide bonds. The summed E-state index contributed by atoms with van der Waals surface area (Å²) >= 11 is 12.4. The first kappa shape index (κ1) is 18.4. The van der Waals surface area contributed by atoms with Gasteiger partial charge in [-0.2, -0.15) is 10.2 Å². The van der Waals surface area contributed by atoms with Gasteiger partial charge in [0.15, 0.2) is 0 Å². The molecule has 0 aliphatic heterocycles. The molecule has 0 saturated carbocycles. The number of anilines is 1. The Morgan fingerprint density at radius 1 is 1.08 bits per heavy atom. The van der Waals surface area contributed by atoms with Crippen molar-refractivity contribution in [1.29, 1.82) is 0 Å². The van der Waals surface area contributed by atoms with E-state index in [4.69, 9.17) is 23.2 Å². The minimum Gasteiger partial charge on any atom is -0.249 e. The van der Waals surface area contributed by atoms with E-state index in [0.717, 1.165) is 28.2 Å². The van der Waals surface area contributed by atoms with Crippen molar-refractivity contribution in [3.63, 3.8) is 0 Å². The zero-order valence-electron chi connectivity index (χ0n) is 14.7. The molecule has 2 aromatic heterocycles. The number of nitrogens with zero attached hydrogens (tertiary/aromatic N) is 5. The Kier molecular flexibility index (Phi) is 5.54. The Labute approximate surface area is 161 Å².